The molecule has 31 heavy (non-hydrogen) atoms. The van der Waals surface area contributed by atoms with E-state index in [1.807, 2.05) is 61.5 Å². The van der Waals surface area contributed by atoms with E-state index < -0.39 is 5.97 Å². The van der Waals surface area contributed by atoms with Crippen LogP contribution in [-0.2, 0) is 16.1 Å². The van der Waals surface area contributed by atoms with Crippen LogP contribution in [0.3, 0.4) is 0 Å². The number of methoxy groups -OCH3 is 1. The first-order valence-corrected chi connectivity index (χ1v) is 10.3. The predicted molar refractivity (Wildman–Crippen MR) is 118 cm³/mol. The number of rotatable bonds is 10. The number of nitrogens with one attached hydrogen (secondary N) is 1. The van der Waals surface area contributed by atoms with Crippen LogP contribution in [0.15, 0.2) is 60.8 Å². The zero-order valence-corrected chi connectivity index (χ0v) is 17.8. The number of benzene rings is 2. The molecule has 0 aliphatic carbocycles. The van der Waals surface area contributed by atoms with Gasteiger partial charge in [-0.3, -0.25) is 9.48 Å². The summed E-state index contributed by atoms with van der Waals surface area (Å²) in [5, 5.41) is 7.36. The van der Waals surface area contributed by atoms with Crippen molar-refractivity contribution < 1.29 is 19.1 Å². The average Bonchev–Trinajstić information content (AvgIpc) is 3.22. The molecule has 162 valence electrons. The molecule has 3 aromatic rings. The Kier molecular flexibility index (Phi) is 7.81. The first-order valence-electron chi connectivity index (χ1n) is 10.3. The maximum Gasteiger partial charge on any atom is 0.342 e. The van der Waals surface area contributed by atoms with Gasteiger partial charge in [-0.2, -0.15) is 5.10 Å². The van der Waals surface area contributed by atoms with Crippen LogP contribution in [0.5, 0.6) is 5.75 Å². The van der Waals surface area contributed by atoms with E-state index in [0.717, 1.165) is 18.4 Å². The Hall–Kier alpha value is -3.61. The summed E-state index contributed by atoms with van der Waals surface area (Å²) in [4.78, 5) is 24.8. The van der Waals surface area contributed by atoms with Gasteiger partial charge in [0.05, 0.1) is 13.7 Å². The lowest BCUT2D eigenvalue weighted by Crippen LogP contribution is -2.29. The molecule has 1 aromatic heterocycles. The van der Waals surface area contributed by atoms with E-state index in [2.05, 4.69) is 10.4 Å². The molecule has 0 aliphatic rings. The minimum atomic E-state index is -0.606. The lowest BCUT2D eigenvalue weighted by molar-refractivity contribution is -0.124. The molecule has 7 nitrogen and oxygen atoms in total. The number of aromatic nitrogens is 2. The topological polar surface area (TPSA) is 82.5 Å². The fourth-order valence-electron chi connectivity index (χ4n) is 3.13. The summed E-state index contributed by atoms with van der Waals surface area (Å²) in [6.45, 7) is 2.76. The van der Waals surface area contributed by atoms with Crippen LogP contribution in [0.2, 0.25) is 0 Å². The van der Waals surface area contributed by atoms with Gasteiger partial charge in [-0.25, -0.2) is 4.79 Å². The first-order chi connectivity index (χ1) is 15.1. The SMILES string of the molecule is CCCCNC(=O)COC(=O)c1cn(Cc2ccccc2)nc1-c1ccccc1OC. The molecule has 0 aliphatic heterocycles. The number of amides is 1. The van der Waals surface area contributed by atoms with Crippen LogP contribution in [0.1, 0.15) is 35.7 Å². The molecule has 1 amide bonds. The highest BCUT2D eigenvalue weighted by molar-refractivity contribution is 5.97. The molecule has 7 heteroatoms. The van der Waals surface area contributed by atoms with Crippen LogP contribution in [0, 0.1) is 0 Å². The van der Waals surface area contributed by atoms with Gasteiger partial charge >= 0.3 is 5.97 Å². The third kappa shape index (κ3) is 5.94. The second-order valence-corrected chi connectivity index (χ2v) is 7.05. The number of carbonyl (C=O) groups is 2. The minimum absolute atomic E-state index is 0.279. The minimum Gasteiger partial charge on any atom is -0.496 e. The summed E-state index contributed by atoms with van der Waals surface area (Å²) < 4.78 is 12.4. The van der Waals surface area contributed by atoms with Crippen molar-refractivity contribution in [2.24, 2.45) is 0 Å². The second kappa shape index (κ2) is 11.0. The van der Waals surface area contributed by atoms with Crippen molar-refractivity contribution in [3.8, 4) is 17.0 Å². The van der Waals surface area contributed by atoms with E-state index in [-0.39, 0.29) is 18.1 Å². The van der Waals surface area contributed by atoms with Gasteiger partial charge in [0.1, 0.15) is 17.0 Å². The Morgan fingerprint density at radius 2 is 1.81 bits per heavy atom. The van der Waals surface area contributed by atoms with Crippen molar-refractivity contribution in [1.29, 1.82) is 0 Å². The Balaban J connectivity index is 1.84. The molecule has 1 N–H and O–H groups in total. The quantitative estimate of drug-likeness (QED) is 0.399. The molecule has 0 bridgehead atoms. The summed E-state index contributed by atoms with van der Waals surface area (Å²) in [5.41, 5.74) is 2.45. The van der Waals surface area contributed by atoms with Crippen molar-refractivity contribution in [3.05, 3.63) is 71.9 Å². The number of unbranched alkanes of at least 4 members (excludes halogenated alkanes) is 1. The van der Waals surface area contributed by atoms with Crippen LogP contribution >= 0.6 is 0 Å². The highest BCUT2D eigenvalue weighted by atomic mass is 16.5. The van der Waals surface area contributed by atoms with Gasteiger partial charge in [-0.1, -0.05) is 55.8 Å². The van der Waals surface area contributed by atoms with Gasteiger partial charge in [0.2, 0.25) is 0 Å². The third-order valence-electron chi connectivity index (χ3n) is 4.72. The number of hydrogen-bond donors (Lipinski definition) is 1. The van der Waals surface area contributed by atoms with Crippen molar-refractivity contribution in [2.45, 2.75) is 26.3 Å². The second-order valence-electron chi connectivity index (χ2n) is 7.05. The Labute approximate surface area is 182 Å². The molecular weight excluding hydrogens is 394 g/mol. The van der Waals surface area contributed by atoms with Crippen molar-refractivity contribution in [3.63, 3.8) is 0 Å². The zero-order chi connectivity index (χ0) is 22.1. The Morgan fingerprint density at radius 3 is 2.55 bits per heavy atom. The first kappa shape index (κ1) is 22.1. The van der Waals surface area contributed by atoms with Gasteiger partial charge in [0, 0.05) is 18.3 Å². The molecule has 3 rings (SSSR count). The average molecular weight is 421 g/mol. The molecule has 0 unspecified atom stereocenters. The number of hydrogen-bond acceptors (Lipinski definition) is 5. The monoisotopic (exact) mass is 421 g/mol. The van der Waals surface area contributed by atoms with E-state index in [9.17, 15) is 9.59 Å². The van der Waals surface area contributed by atoms with Gasteiger partial charge in [-0.15, -0.1) is 0 Å². The van der Waals surface area contributed by atoms with Crippen molar-refractivity contribution >= 4 is 11.9 Å². The van der Waals surface area contributed by atoms with Gasteiger partial charge in [-0.05, 0) is 24.1 Å². The van der Waals surface area contributed by atoms with E-state index >= 15 is 0 Å². The summed E-state index contributed by atoms with van der Waals surface area (Å²) in [5.74, 6) is -0.331. The summed E-state index contributed by atoms with van der Waals surface area (Å²) in [7, 11) is 1.57. The largest absolute Gasteiger partial charge is 0.496 e. The van der Waals surface area contributed by atoms with E-state index in [4.69, 9.17) is 9.47 Å². The van der Waals surface area contributed by atoms with E-state index in [1.54, 1.807) is 18.0 Å². The Morgan fingerprint density at radius 1 is 1.06 bits per heavy atom. The number of nitrogens with zero attached hydrogens (tertiary/aromatic N) is 2. The normalized spacial score (nSPS) is 10.5. The summed E-state index contributed by atoms with van der Waals surface area (Å²) in [6, 6.07) is 17.2. The number of esters is 1. The molecule has 0 radical (unpaired) electrons. The molecule has 0 atom stereocenters. The molecular formula is C24H27N3O4. The maximum absolute atomic E-state index is 12.8. The van der Waals surface area contributed by atoms with Crippen LogP contribution < -0.4 is 10.1 Å². The lowest BCUT2D eigenvalue weighted by Gasteiger charge is -2.08. The molecule has 0 saturated heterocycles. The standard InChI is InChI=1S/C24H27N3O4/c1-3-4-14-25-22(28)17-31-24(29)20-16-27(15-18-10-6-5-7-11-18)26-23(20)19-12-8-9-13-21(19)30-2/h5-13,16H,3-4,14-15,17H2,1-2H3,(H,25,28). The fourth-order valence-corrected chi connectivity index (χ4v) is 3.13. The van der Waals surface area contributed by atoms with Gasteiger partial charge in [0.15, 0.2) is 6.61 Å². The van der Waals surface area contributed by atoms with Gasteiger partial charge in [0.25, 0.3) is 5.91 Å². The summed E-state index contributed by atoms with van der Waals surface area (Å²) >= 11 is 0. The molecule has 0 fully saturated rings. The third-order valence-corrected chi connectivity index (χ3v) is 4.72. The number of carbonyl (C=O) groups excluding carboxylic acids is 2. The molecule has 0 saturated carbocycles. The Bertz CT molecular complexity index is 1010. The maximum atomic E-state index is 12.8. The van der Waals surface area contributed by atoms with Crippen molar-refractivity contribution in [2.75, 3.05) is 20.3 Å². The highest BCUT2D eigenvalue weighted by Gasteiger charge is 2.22. The van der Waals surface area contributed by atoms with Crippen molar-refractivity contribution in [1.82, 2.24) is 15.1 Å². The number of ether oxygens (including phenoxy) is 2. The highest BCUT2D eigenvalue weighted by Crippen LogP contribution is 2.31. The summed E-state index contributed by atoms with van der Waals surface area (Å²) in [6.07, 6.45) is 3.50. The molecule has 1 heterocycles. The molecule has 0 spiro atoms. The smallest absolute Gasteiger partial charge is 0.342 e. The van der Waals surface area contributed by atoms with Crippen LogP contribution in [0.4, 0.5) is 0 Å². The fraction of sp³-hybridized carbons (Fsp3) is 0.292. The predicted octanol–water partition coefficient (Wildman–Crippen LogP) is 3.68. The number of para-hydroxylation sites is 1. The van der Waals surface area contributed by atoms with E-state index in [0.29, 0.717) is 30.1 Å². The van der Waals surface area contributed by atoms with E-state index in [1.165, 1.54) is 0 Å². The lowest BCUT2D eigenvalue weighted by atomic mass is 10.1. The van der Waals surface area contributed by atoms with Crippen LogP contribution in [-0.4, -0.2) is 41.9 Å². The van der Waals surface area contributed by atoms with Crippen LogP contribution in [0.25, 0.3) is 11.3 Å². The van der Waals surface area contributed by atoms with Gasteiger partial charge < -0.3 is 14.8 Å². The zero-order valence-electron chi connectivity index (χ0n) is 17.8. The molecule has 2 aromatic carbocycles.